The Hall–Kier alpha value is -3.85. The van der Waals surface area contributed by atoms with E-state index < -0.39 is 28.1 Å². The van der Waals surface area contributed by atoms with Gasteiger partial charge in [0.15, 0.2) is 0 Å². The minimum atomic E-state index is -3.99. The summed E-state index contributed by atoms with van der Waals surface area (Å²) < 4.78 is 40.9. The van der Waals surface area contributed by atoms with E-state index in [1.54, 1.807) is 38.1 Å². The van der Waals surface area contributed by atoms with Gasteiger partial charge in [0.25, 0.3) is 0 Å². The smallest absolute Gasteiger partial charge is 0.407 e. The molecule has 37 heavy (non-hydrogen) atoms. The van der Waals surface area contributed by atoms with Crippen LogP contribution in [-0.2, 0) is 31.0 Å². The Morgan fingerprint density at radius 2 is 1.54 bits per heavy atom. The molecule has 0 fully saturated rings. The van der Waals surface area contributed by atoms with Crippen molar-refractivity contribution < 1.29 is 31.7 Å². The lowest BCUT2D eigenvalue weighted by Crippen LogP contribution is -2.30. The summed E-state index contributed by atoms with van der Waals surface area (Å²) in [6, 6.07) is 22.0. The van der Waals surface area contributed by atoms with Gasteiger partial charge >= 0.3 is 22.2 Å². The first-order valence-corrected chi connectivity index (χ1v) is 13.3. The van der Waals surface area contributed by atoms with Crippen molar-refractivity contribution in [3.05, 3.63) is 95.6 Å². The summed E-state index contributed by atoms with van der Waals surface area (Å²) >= 11 is 0. The molecule has 0 radical (unpaired) electrons. The van der Waals surface area contributed by atoms with Crippen LogP contribution >= 0.6 is 0 Å². The zero-order valence-electron chi connectivity index (χ0n) is 21.0. The molecule has 1 atom stereocenters. The number of alkyl carbamates (subject to hydrolysis) is 1. The van der Waals surface area contributed by atoms with Gasteiger partial charge in [-0.15, -0.1) is 0 Å². The predicted octanol–water partition coefficient (Wildman–Crippen LogP) is 5.11. The van der Waals surface area contributed by atoms with Crippen LogP contribution in [0.5, 0.6) is 5.75 Å². The van der Waals surface area contributed by atoms with Crippen molar-refractivity contribution in [3.63, 3.8) is 0 Å². The van der Waals surface area contributed by atoms with Crippen molar-refractivity contribution >= 4 is 22.2 Å². The van der Waals surface area contributed by atoms with Crippen LogP contribution in [0.1, 0.15) is 42.9 Å². The standard InChI is InChI=1S/C28H31NO7S/c1-20(2)35-27(30)17-24(18-29-28(31)34-19-22-7-5-4-6-8-22)23-11-13-25(14-12-23)36-37(32,33)26-15-9-21(3)10-16-26/h4-16,20,24H,17-19H2,1-3H3,(H,29,31). The van der Waals surface area contributed by atoms with Crippen LogP contribution in [0.2, 0.25) is 0 Å². The van der Waals surface area contributed by atoms with E-state index in [9.17, 15) is 18.0 Å². The molecule has 8 nitrogen and oxygen atoms in total. The van der Waals surface area contributed by atoms with Gasteiger partial charge in [-0.25, -0.2) is 4.79 Å². The zero-order valence-corrected chi connectivity index (χ0v) is 21.9. The fraction of sp³-hybridized carbons (Fsp3) is 0.286. The van der Waals surface area contributed by atoms with E-state index in [1.165, 1.54) is 24.3 Å². The third-order valence-corrected chi connectivity index (χ3v) is 6.61. The van der Waals surface area contributed by atoms with Crippen LogP contribution < -0.4 is 9.50 Å². The molecule has 3 rings (SSSR count). The summed E-state index contributed by atoms with van der Waals surface area (Å²) in [5, 5.41) is 2.69. The number of hydrogen-bond acceptors (Lipinski definition) is 7. The first-order valence-electron chi connectivity index (χ1n) is 11.9. The highest BCUT2D eigenvalue weighted by molar-refractivity contribution is 7.87. The summed E-state index contributed by atoms with van der Waals surface area (Å²) in [7, 11) is -3.99. The molecule has 0 aliphatic heterocycles. The van der Waals surface area contributed by atoms with Gasteiger partial charge in [0.1, 0.15) is 17.3 Å². The van der Waals surface area contributed by atoms with E-state index in [2.05, 4.69) is 5.32 Å². The summed E-state index contributed by atoms with van der Waals surface area (Å²) in [6.45, 7) is 5.61. The third kappa shape index (κ3) is 8.95. The van der Waals surface area contributed by atoms with Gasteiger partial charge in [-0.05, 0) is 56.2 Å². The second-order valence-electron chi connectivity index (χ2n) is 8.80. The van der Waals surface area contributed by atoms with E-state index in [0.29, 0.717) is 5.56 Å². The Morgan fingerprint density at radius 3 is 2.16 bits per heavy atom. The lowest BCUT2D eigenvalue weighted by molar-refractivity contribution is -0.147. The first kappa shape index (κ1) is 27.7. The van der Waals surface area contributed by atoms with Crippen molar-refractivity contribution in [1.29, 1.82) is 0 Å². The fourth-order valence-corrected chi connectivity index (χ4v) is 4.41. The van der Waals surface area contributed by atoms with Crippen molar-refractivity contribution in [2.45, 2.75) is 50.7 Å². The molecule has 3 aromatic carbocycles. The van der Waals surface area contributed by atoms with Crippen LogP contribution in [0.4, 0.5) is 4.79 Å². The molecule has 1 unspecified atom stereocenters. The highest BCUT2D eigenvalue weighted by Crippen LogP contribution is 2.25. The van der Waals surface area contributed by atoms with Gasteiger partial charge in [0, 0.05) is 12.5 Å². The van der Waals surface area contributed by atoms with Crippen LogP contribution in [0, 0.1) is 6.92 Å². The van der Waals surface area contributed by atoms with Crippen LogP contribution in [-0.4, -0.2) is 33.1 Å². The first-order chi connectivity index (χ1) is 17.6. The Labute approximate surface area is 217 Å². The molecular weight excluding hydrogens is 494 g/mol. The topological polar surface area (TPSA) is 108 Å². The Bertz CT molecular complexity index is 1270. The summed E-state index contributed by atoms with van der Waals surface area (Å²) in [5.41, 5.74) is 2.48. The number of benzene rings is 3. The van der Waals surface area contributed by atoms with Gasteiger partial charge in [0.2, 0.25) is 0 Å². The molecule has 1 amide bonds. The Balaban J connectivity index is 1.66. The maximum atomic E-state index is 12.6. The van der Waals surface area contributed by atoms with Gasteiger partial charge < -0.3 is 19.0 Å². The number of ether oxygens (including phenoxy) is 2. The quantitative estimate of drug-likeness (QED) is 0.274. The van der Waals surface area contributed by atoms with Crippen LogP contribution in [0.15, 0.2) is 83.8 Å². The number of aryl methyl sites for hydroxylation is 1. The van der Waals surface area contributed by atoms with Crippen LogP contribution in [0.3, 0.4) is 0 Å². The number of carbonyl (C=O) groups is 2. The molecule has 0 bridgehead atoms. The molecule has 0 aromatic heterocycles. The van der Waals surface area contributed by atoms with E-state index in [0.717, 1.165) is 11.1 Å². The van der Waals surface area contributed by atoms with Gasteiger partial charge in [-0.1, -0.05) is 60.2 Å². The van der Waals surface area contributed by atoms with E-state index >= 15 is 0 Å². The number of nitrogens with one attached hydrogen (secondary N) is 1. The fourth-order valence-electron chi connectivity index (χ4n) is 3.48. The highest BCUT2D eigenvalue weighted by Gasteiger charge is 2.21. The lowest BCUT2D eigenvalue weighted by Gasteiger charge is -2.19. The monoisotopic (exact) mass is 525 g/mol. The van der Waals surface area contributed by atoms with E-state index in [1.807, 2.05) is 37.3 Å². The minimum Gasteiger partial charge on any atom is -0.463 e. The summed E-state index contributed by atoms with van der Waals surface area (Å²) in [4.78, 5) is 24.7. The van der Waals surface area contributed by atoms with E-state index in [-0.39, 0.29) is 36.3 Å². The zero-order chi connectivity index (χ0) is 26.8. The third-order valence-electron chi connectivity index (χ3n) is 5.35. The van der Waals surface area contributed by atoms with Crippen LogP contribution in [0.25, 0.3) is 0 Å². The molecular formula is C28H31NO7S. The molecule has 196 valence electrons. The molecule has 0 saturated carbocycles. The molecule has 3 aromatic rings. The number of esters is 1. The maximum absolute atomic E-state index is 12.6. The highest BCUT2D eigenvalue weighted by atomic mass is 32.2. The van der Waals surface area contributed by atoms with Gasteiger partial charge in [-0.2, -0.15) is 8.42 Å². The molecule has 0 heterocycles. The maximum Gasteiger partial charge on any atom is 0.407 e. The van der Waals surface area contributed by atoms with Crippen molar-refractivity contribution in [3.8, 4) is 5.75 Å². The van der Waals surface area contributed by atoms with Gasteiger partial charge in [-0.3, -0.25) is 4.79 Å². The minimum absolute atomic E-state index is 0.0129. The van der Waals surface area contributed by atoms with Gasteiger partial charge in [0.05, 0.1) is 12.5 Å². The normalized spacial score (nSPS) is 12.0. The van der Waals surface area contributed by atoms with Crippen molar-refractivity contribution in [2.75, 3.05) is 6.54 Å². The largest absolute Gasteiger partial charge is 0.463 e. The second kappa shape index (κ2) is 12.9. The Morgan fingerprint density at radius 1 is 0.892 bits per heavy atom. The molecule has 0 saturated heterocycles. The Kier molecular flexibility index (Phi) is 9.68. The molecule has 0 aliphatic carbocycles. The average molecular weight is 526 g/mol. The van der Waals surface area contributed by atoms with Crippen molar-refractivity contribution in [2.24, 2.45) is 0 Å². The van der Waals surface area contributed by atoms with E-state index in [4.69, 9.17) is 13.7 Å². The summed E-state index contributed by atoms with van der Waals surface area (Å²) in [6.07, 6.45) is -0.881. The SMILES string of the molecule is Cc1ccc(S(=O)(=O)Oc2ccc(C(CNC(=O)OCc3ccccc3)CC(=O)OC(C)C)cc2)cc1. The number of amides is 1. The molecule has 0 aliphatic rings. The lowest BCUT2D eigenvalue weighted by atomic mass is 9.95. The van der Waals surface area contributed by atoms with Crippen molar-refractivity contribution in [1.82, 2.24) is 5.32 Å². The average Bonchev–Trinajstić information content (AvgIpc) is 2.86. The molecule has 0 spiro atoms. The summed E-state index contributed by atoms with van der Waals surface area (Å²) in [5.74, 6) is -0.719. The number of rotatable bonds is 11. The molecule has 1 N–H and O–H groups in total. The predicted molar refractivity (Wildman–Crippen MR) is 139 cm³/mol. The second-order valence-corrected chi connectivity index (χ2v) is 10.3. The molecule has 9 heteroatoms. The number of hydrogen-bond donors (Lipinski definition) is 1. The number of carbonyl (C=O) groups excluding carboxylic acids is 2.